The van der Waals surface area contributed by atoms with Gasteiger partial charge in [0.1, 0.15) is 0 Å². The summed E-state index contributed by atoms with van der Waals surface area (Å²) in [5, 5.41) is 8.57. The van der Waals surface area contributed by atoms with Crippen molar-refractivity contribution in [1.29, 1.82) is 0 Å². The van der Waals surface area contributed by atoms with Crippen LogP contribution in [0.25, 0.3) is 0 Å². The van der Waals surface area contributed by atoms with Crippen LogP contribution in [0.3, 0.4) is 0 Å². The molecule has 0 bridgehead atoms. The molecule has 36 valence electrons. The van der Waals surface area contributed by atoms with Gasteiger partial charge in [-0.15, -0.1) is 0 Å². The minimum absolute atomic E-state index is 0.671. The molecule has 1 rings (SSSR count). The van der Waals surface area contributed by atoms with Crippen molar-refractivity contribution in [3.63, 3.8) is 0 Å². The van der Waals surface area contributed by atoms with Gasteiger partial charge in [-0.2, -0.15) is 4.83 Å². The maximum atomic E-state index is 8.57. The van der Waals surface area contributed by atoms with Crippen LogP contribution in [0.4, 0.5) is 0 Å². The molecule has 1 aliphatic heterocycles. The molecule has 3 heteroatoms. The number of rotatable bonds is 0. The Hall–Kier alpha value is 0.350. The molecule has 0 aromatic heterocycles. The maximum absolute atomic E-state index is 8.57. The van der Waals surface area contributed by atoms with E-state index < -0.39 is 0 Å². The first-order chi connectivity index (χ1) is 2.89. The Labute approximate surface area is 38.9 Å². The normalized spacial score (nSPS) is 29.5. The second-order valence-corrected chi connectivity index (χ2v) is 2.72. The summed E-state index contributed by atoms with van der Waals surface area (Å²) in [6.07, 6.45) is 2.37. The van der Waals surface area contributed by atoms with Crippen molar-refractivity contribution < 1.29 is 5.21 Å². The van der Waals surface area contributed by atoms with Gasteiger partial charge in [-0.1, -0.05) is 0 Å². The summed E-state index contributed by atoms with van der Waals surface area (Å²) < 4.78 is 0. The quantitative estimate of drug-likeness (QED) is 0.458. The van der Waals surface area contributed by atoms with E-state index in [1.165, 1.54) is 17.4 Å². The molecule has 0 spiro atoms. The van der Waals surface area contributed by atoms with Gasteiger partial charge in [0.05, 0.1) is 0 Å². The molecule has 6 heavy (non-hydrogen) atoms. The van der Waals surface area contributed by atoms with Crippen LogP contribution in [0.15, 0.2) is 0 Å². The monoisotopic (exact) mass is 105 g/mol. The Kier molecular flexibility index (Phi) is 1.41. The minimum atomic E-state index is 0.671. The Morgan fingerprint density at radius 3 is 2.67 bits per heavy atom. The first-order valence-electron chi connectivity index (χ1n) is 2.09. The number of nitrogens with zero attached hydrogens (tertiary/aromatic N) is 1. The van der Waals surface area contributed by atoms with Crippen LogP contribution in [0.1, 0.15) is 6.42 Å². The molecule has 1 saturated heterocycles. The number of hydroxylamine groups is 1. The van der Waals surface area contributed by atoms with E-state index in [0.717, 1.165) is 6.54 Å². The lowest BCUT2D eigenvalue weighted by atomic mass is 10.5. The van der Waals surface area contributed by atoms with Gasteiger partial charge < -0.3 is 5.21 Å². The van der Waals surface area contributed by atoms with E-state index >= 15 is 0 Å². The van der Waals surface area contributed by atoms with E-state index in [1.807, 2.05) is 0 Å². The zero-order chi connectivity index (χ0) is 4.41. The van der Waals surface area contributed by atoms with Gasteiger partial charge in [0.2, 0.25) is 0 Å². The fourth-order valence-corrected chi connectivity index (χ4v) is 1.41. The minimum Gasteiger partial charge on any atom is -0.311 e. The van der Waals surface area contributed by atoms with Crippen molar-refractivity contribution in [2.24, 2.45) is 0 Å². The van der Waals surface area contributed by atoms with Crippen molar-refractivity contribution in [1.82, 2.24) is 4.83 Å². The predicted molar refractivity (Wildman–Crippen MR) is 26.3 cm³/mol. The van der Waals surface area contributed by atoms with E-state index in [2.05, 4.69) is 0 Å². The molecule has 1 N–H and O–H groups in total. The van der Waals surface area contributed by atoms with Crippen LogP contribution >= 0.6 is 8.73 Å². The van der Waals surface area contributed by atoms with Gasteiger partial charge >= 0.3 is 0 Å². The maximum Gasteiger partial charge on any atom is 0.0279 e. The average molecular weight is 105 g/mol. The molecule has 2 nitrogen and oxygen atoms in total. The highest BCUT2D eigenvalue weighted by Crippen LogP contribution is 2.22. The van der Waals surface area contributed by atoms with E-state index in [9.17, 15) is 0 Å². The highest BCUT2D eigenvalue weighted by atomic mass is 31.1. The van der Waals surface area contributed by atoms with Crippen molar-refractivity contribution in [3.8, 4) is 0 Å². The predicted octanol–water partition coefficient (Wildman–Crippen LogP) is 0.675. The molecule has 0 radical (unpaired) electrons. The fraction of sp³-hybridized carbons (Fsp3) is 1.00. The molecule has 1 aliphatic rings. The van der Waals surface area contributed by atoms with Crippen molar-refractivity contribution in [3.05, 3.63) is 0 Å². The fourth-order valence-electron chi connectivity index (χ4n) is 0.516. The second-order valence-electron chi connectivity index (χ2n) is 1.38. The molecule has 0 amide bonds. The lowest BCUT2D eigenvalue weighted by molar-refractivity contribution is 0.0207. The van der Waals surface area contributed by atoms with Crippen LogP contribution in [-0.4, -0.2) is 22.7 Å². The third-order valence-corrected chi connectivity index (χ3v) is 2.01. The van der Waals surface area contributed by atoms with Crippen LogP contribution < -0.4 is 0 Å². The molecule has 0 aromatic rings. The van der Waals surface area contributed by atoms with Crippen molar-refractivity contribution in [2.45, 2.75) is 6.42 Å². The van der Waals surface area contributed by atoms with Gasteiger partial charge in [-0.05, 0) is 21.3 Å². The Balaban J connectivity index is 2.18. The summed E-state index contributed by atoms with van der Waals surface area (Å²) in [6, 6.07) is 0. The van der Waals surface area contributed by atoms with E-state index in [4.69, 9.17) is 5.21 Å². The molecule has 0 aromatic carbocycles. The number of hydrogen-bond acceptors (Lipinski definition) is 2. The highest BCUT2D eigenvalue weighted by Gasteiger charge is 2.05. The molecular weight excluding hydrogens is 97.0 g/mol. The lowest BCUT2D eigenvalue weighted by Gasteiger charge is -1.98. The third-order valence-electron chi connectivity index (χ3n) is 0.841. The SMILES string of the molecule is ON1CCCP1. The Morgan fingerprint density at radius 1 is 1.67 bits per heavy atom. The largest absolute Gasteiger partial charge is 0.311 e. The third kappa shape index (κ3) is 0.904. The molecule has 0 saturated carbocycles. The summed E-state index contributed by atoms with van der Waals surface area (Å²) in [6.45, 7) is 0.887. The van der Waals surface area contributed by atoms with Gasteiger partial charge in [0, 0.05) is 6.54 Å². The molecular formula is C3H8NOP. The van der Waals surface area contributed by atoms with Crippen molar-refractivity contribution >= 4 is 8.73 Å². The molecule has 1 fully saturated rings. The van der Waals surface area contributed by atoms with E-state index in [1.54, 1.807) is 0 Å². The zero-order valence-electron chi connectivity index (χ0n) is 3.52. The van der Waals surface area contributed by atoms with Crippen LogP contribution in [0.5, 0.6) is 0 Å². The van der Waals surface area contributed by atoms with Crippen LogP contribution in [0.2, 0.25) is 0 Å². The molecule has 0 aliphatic carbocycles. The zero-order valence-corrected chi connectivity index (χ0v) is 4.52. The number of hydrogen-bond donors (Lipinski definition) is 1. The molecule has 1 heterocycles. The van der Waals surface area contributed by atoms with Gasteiger partial charge in [-0.25, -0.2) is 0 Å². The van der Waals surface area contributed by atoms with E-state index in [0.29, 0.717) is 8.73 Å². The van der Waals surface area contributed by atoms with Gasteiger partial charge in [0.25, 0.3) is 0 Å². The topological polar surface area (TPSA) is 23.5 Å². The summed E-state index contributed by atoms with van der Waals surface area (Å²) >= 11 is 0. The van der Waals surface area contributed by atoms with Gasteiger partial charge in [0.15, 0.2) is 0 Å². The Morgan fingerprint density at radius 2 is 2.50 bits per heavy atom. The summed E-state index contributed by atoms with van der Waals surface area (Å²) in [5.74, 6) is 0. The standard InChI is InChI=1S/C3H8NOP/c5-4-2-1-3-6-4/h5-6H,1-3H2. The first-order valence-corrected chi connectivity index (χ1v) is 3.25. The average Bonchev–Trinajstić information content (AvgIpc) is 1.86. The van der Waals surface area contributed by atoms with Crippen LogP contribution in [-0.2, 0) is 0 Å². The van der Waals surface area contributed by atoms with Crippen LogP contribution in [0, 0.1) is 0 Å². The molecule has 1 atom stereocenters. The highest BCUT2D eigenvalue weighted by molar-refractivity contribution is 7.35. The smallest absolute Gasteiger partial charge is 0.0279 e. The van der Waals surface area contributed by atoms with Gasteiger partial charge in [-0.3, -0.25) is 0 Å². The summed E-state index contributed by atoms with van der Waals surface area (Å²) in [7, 11) is 0.671. The summed E-state index contributed by atoms with van der Waals surface area (Å²) in [4.78, 5) is 1.39. The summed E-state index contributed by atoms with van der Waals surface area (Å²) in [5.41, 5.74) is 0. The Bertz CT molecular complexity index is 44.1. The lowest BCUT2D eigenvalue weighted by Crippen LogP contribution is -2.00. The second kappa shape index (κ2) is 1.87. The molecule has 1 unspecified atom stereocenters. The first kappa shape index (κ1) is 4.51. The van der Waals surface area contributed by atoms with E-state index in [-0.39, 0.29) is 0 Å². The van der Waals surface area contributed by atoms with Crippen molar-refractivity contribution in [2.75, 3.05) is 12.7 Å².